The number of carbonyl (C=O) groups is 2. The van der Waals surface area contributed by atoms with E-state index in [0.29, 0.717) is 52.1 Å². The molecule has 10 nitrogen and oxygen atoms in total. The van der Waals surface area contributed by atoms with E-state index in [-0.39, 0.29) is 17.9 Å². The monoisotopic (exact) mass is 688 g/mol. The molecule has 0 saturated carbocycles. The Kier molecular flexibility index (Phi) is 8.55. The summed E-state index contributed by atoms with van der Waals surface area (Å²) >= 11 is 7.91. The number of fused-ring (bicyclic) bond motifs is 5. The summed E-state index contributed by atoms with van der Waals surface area (Å²) in [7, 11) is 1.25. The first-order valence-corrected chi connectivity index (χ1v) is 17.1. The second-order valence-electron chi connectivity index (χ2n) is 12.3. The van der Waals surface area contributed by atoms with Crippen molar-refractivity contribution in [3.63, 3.8) is 0 Å². The van der Waals surface area contributed by atoms with Gasteiger partial charge >= 0.3 is 6.09 Å². The first kappa shape index (κ1) is 32.0. The zero-order valence-electron chi connectivity index (χ0n) is 26.9. The minimum Gasteiger partial charge on any atom is -0.464 e. The highest BCUT2D eigenvalue weighted by molar-refractivity contribution is 7.11. The van der Waals surface area contributed by atoms with Gasteiger partial charge in [-0.15, -0.1) is 11.3 Å². The van der Waals surface area contributed by atoms with Gasteiger partial charge in [-0.05, 0) is 61.6 Å². The zero-order valence-corrected chi connectivity index (χ0v) is 28.4. The predicted molar refractivity (Wildman–Crippen MR) is 183 cm³/mol. The highest BCUT2D eigenvalue weighted by Crippen LogP contribution is 2.48. The molecule has 0 spiro atoms. The Morgan fingerprint density at radius 3 is 2.81 bits per heavy atom. The van der Waals surface area contributed by atoms with Crippen LogP contribution in [0.25, 0.3) is 33.4 Å². The number of ether oxygens (including phenoxy) is 2. The minimum atomic E-state index is -0.752. The second-order valence-corrected chi connectivity index (χ2v) is 13.9. The van der Waals surface area contributed by atoms with E-state index in [1.54, 1.807) is 22.4 Å². The summed E-state index contributed by atoms with van der Waals surface area (Å²) in [6.45, 7) is 6.42. The van der Waals surface area contributed by atoms with Crippen LogP contribution in [-0.2, 0) is 16.0 Å². The summed E-state index contributed by atoms with van der Waals surface area (Å²) in [5.74, 6) is -0.250. The smallest absolute Gasteiger partial charge is 0.432 e. The number of rotatable bonds is 7. The molecule has 1 fully saturated rings. The molecule has 0 aliphatic carbocycles. The van der Waals surface area contributed by atoms with Gasteiger partial charge < -0.3 is 19.4 Å². The van der Waals surface area contributed by atoms with E-state index >= 15 is 4.39 Å². The van der Waals surface area contributed by atoms with Crippen molar-refractivity contribution in [3.8, 4) is 28.3 Å². The maximum atomic E-state index is 16.2. The molecule has 248 valence electrons. The number of aromatic amines is 1. The topological polar surface area (TPSA) is 115 Å². The van der Waals surface area contributed by atoms with Crippen LogP contribution in [-0.4, -0.2) is 56.3 Å². The van der Waals surface area contributed by atoms with E-state index in [2.05, 4.69) is 31.6 Å². The lowest BCUT2D eigenvalue weighted by molar-refractivity contribution is -0.135. The van der Waals surface area contributed by atoms with Crippen LogP contribution in [0.4, 0.5) is 9.18 Å². The first-order valence-electron chi connectivity index (χ1n) is 15.9. The molecule has 2 aromatic carbocycles. The normalized spacial score (nSPS) is 17.9. The van der Waals surface area contributed by atoms with Gasteiger partial charge in [-0.25, -0.2) is 19.2 Å². The third kappa shape index (κ3) is 5.66. The number of benzene rings is 2. The fourth-order valence-electron chi connectivity index (χ4n) is 6.56. The third-order valence-corrected chi connectivity index (χ3v) is 10.4. The van der Waals surface area contributed by atoms with E-state index in [1.165, 1.54) is 19.4 Å². The van der Waals surface area contributed by atoms with Gasteiger partial charge in [0.05, 0.1) is 57.6 Å². The fourth-order valence-corrected chi connectivity index (χ4v) is 7.63. The van der Waals surface area contributed by atoms with E-state index in [0.717, 1.165) is 33.6 Å². The van der Waals surface area contributed by atoms with Crippen LogP contribution in [0.3, 0.4) is 0 Å². The van der Waals surface area contributed by atoms with E-state index in [9.17, 15) is 9.59 Å². The standard InChI is InChI=1S/C35H34ClFN6O4S/c1-5-30-38-17-29(48-30)34-43-25-9-8-21(36)11-20(25)13-27(43)31-23(37)12-19(14-28(31)47-34)24-16-39-32(41-24)26-7-6-10-42(26)33(44)22(18(2)3)15-40-35(45)46-4/h8-9,11-18,22,26,34H,5-7,10H2,1-4H3,(H,39,41)/b40-15+/t22?,26-,34?/m0/s1. The second kappa shape index (κ2) is 12.8. The highest BCUT2D eigenvalue weighted by Gasteiger charge is 2.37. The lowest BCUT2D eigenvalue weighted by Crippen LogP contribution is -2.39. The van der Waals surface area contributed by atoms with E-state index in [4.69, 9.17) is 16.3 Å². The highest BCUT2D eigenvalue weighted by atomic mass is 35.5. The number of carbonyl (C=O) groups excluding carboxylic acids is 2. The van der Waals surface area contributed by atoms with Crippen molar-refractivity contribution in [1.29, 1.82) is 0 Å². The molecule has 2 aliphatic heterocycles. The maximum Gasteiger partial charge on any atom is 0.432 e. The van der Waals surface area contributed by atoms with Gasteiger partial charge in [-0.2, -0.15) is 4.99 Å². The summed E-state index contributed by atoms with van der Waals surface area (Å²) in [4.78, 5) is 44.3. The first-order chi connectivity index (χ1) is 23.2. The molecular weight excluding hydrogens is 655 g/mol. The molecule has 5 heterocycles. The lowest BCUT2D eigenvalue weighted by atomic mass is 9.95. The van der Waals surface area contributed by atoms with Gasteiger partial charge in [-0.3, -0.25) is 9.36 Å². The van der Waals surface area contributed by atoms with Crippen molar-refractivity contribution in [2.45, 2.75) is 52.3 Å². The molecule has 0 radical (unpaired) electrons. The summed E-state index contributed by atoms with van der Waals surface area (Å²) in [6, 6.07) is 10.6. The van der Waals surface area contributed by atoms with Gasteiger partial charge in [0, 0.05) is 34.9 Å². The number of aromatic nitrogens is 4. The molecule has 0 bridgehead atoms. The summed E-state index contributed by atoms with van der Waals surface area (Å²) in [5, 5.41) is 2.46. The average molecular weight is 689 g/mol. The van der Waals surface area contributed by atoms with Gasteiger partial charge in [0.2, 0.25) is 12.1 Å². The molecule has 1 N–H and O–H groups in total. The summed E-state index contributed by atoms with van der Waals surface area (Å²) < 4.78 is 29.5. The van der Waals surface area contributed by atoms with Gasteiger partial charge in [0.15, 0.2) is 0 Å². The van der Waals surface area contributed by atoms with Crippen molar-refractivity contribution in [2.24, 2.45) is 16.8 Å². The number of nitrogens with zero attached hydrogens (tertiary/aromatic N) is 5. The number of nitrogens with one attached hydrogen (secondary N) is 1. The van der Waals surface area contributed by atoms with Crippen molar-refractivity contribution in [1.82, 2.24) is 24.4 Å². The number of halogens is 2. The number of methoxy groups -OCH3 is 1. The van der Waals surface area contributed by atoms with E-state index in [1.807, 2.05) is 54.9 Å². The van der Waals surface area contributed by atoms with Gasteiger partial charge in [-0.1, -0.05) is 32.4 Å². The molecule has 1 saturated heterocycles. The molecule has 3 atom stereocenters. The Bertz CT molecular complexity index is 2070. The fraction of sp³-hybridized carbons (Fsp3) is 0.343. The van der Waals surface area contributed by atoms with Crippen molar-refractivity contribution in [3.05, 3.63) is 75.3 Å². The number of amides is 2. The maximum absolute atomic E-state index is 16.2. The van der Waals surface area contributed by atoms with Crippen LogP contribution in [0.15, 0.2) is 53.8 Å². The number of aryl methyl sites for hydroxylation is 1. The largest absolute Gasteiger partial charge is 0.464 e. The van der Waals surface area contributed by atoms with Crippen LogP contribution in [0.2, 0.25) is 5.02 Å². The van der Waals surface area contributed by atoms with Crippen LogP contribution >= 0.6 is 22.9 Å². The number of aliphatic imine (C=N–C) groups is 1. The van der Waals surface area contributed by atoms with Crippen LogP contribution in [0.1, 0.15) is 61.6 Å². The van der Waals surface area contributed by atoms with Crippen molar-refractivity contribution >= 4 is 52.1 Å². The molecule has 2 unspecified atom stereocenters. The zero-order chi connectivity index (χ0) is 33.7. The van der Waals surface area contributed by atoms with Gasteiger partial charge in [0.25, 0.3) is 0 Å². The molecule has 2 aliphatic rings. The Morgan fingerprint density at radius 1 is 1.23 bits per heavy atom. The van der Waals surface area contributed by atoms with Crippen molar-refractivity contribution in [2.75, 3.05) is 13.7 Å². The molecule has 13 heteroatoms. The Labute approximate surface area is 285 Å². The number of hydrogen-bond donors (Lipinski definition) is 1. The predicted octanol–water partition coefficient (Wildman–Crippen LogP) is 8.22. The lowest BCUT2D eigenvalue weighted by Gasteiger charge is -2.29. The molecule has 48 heavy (non-hydrogen) atoms. The Balaban J connectivity index is 1.23. The number of imidazole rings is 1. The summed E-state index contributed by atoms with van der Waals surface area (Å²) in [6.07, 6.45) is 5.86. The molecular formula is C35H34ClFN6O4S. The van der Waals surface area contributed by atoms with Crippen LogP contribution in [0.5, 0.6) is 5.75 Å². The van der Waals surface area contributed by atoms with E-state index < -0.39 is 24.1 Å². The number of likely N-dealkylation sites (tertiary alicyclic amines) is 1. The number of hydrogen-bond acceptors (Lipinski definition) is 7. The van der Waals surface area contributed by atoms with Crippen molar-refractivity contribution < 1.29 is 23.5 Å². The number of H-pyrrole nitrogens is 1. The third-order valence-electron chi connectivity index (χ3n) is 8.98. The Hall–Kier alpha value is -4.55. The SMILES string of the molecule is CCc1ncc(C2Oc3cc(-c4cnc([C@@H]5CCCN5C(=O)C(/C=N/C(=O)OC)C(C)C)[nH]4)cc(F)c3-c3cc4cc(Cl)ccc4n32)s1. The minimum absolute atomic E-state index is 0.0872. The van der Waals surface area contributed by atoms with Crippen LogP contribution < -0.4 is 4.74 Å². The van der Waals surface area contributed by atoms with Crippen LogP contribution in [0, 0.1) is 17.7 Å². The van der Waals surface area contributed by atoms with Gasteiger partial charge in [0.1, 0.15) is 17.4 Å². The Morgan fingerprint density at radius 2 is 2.06 bits per heavy atom. The molecule has 7 rings (SSSR count). The number of thiazole rings is 1. The molecule has 5 aromatic rings. The quantitative estimate of drug-likeness (QED) is 0.172. The molecule has 3 aromatic heterocycles. The average Bonchev–Trinajstić information content (AvgIpc) is 3.89. The molecule has 2 amide bonds. The summed E-state index contributed by atoms with van der Waals surface area (Å²) in [5.41, 5.74) is 3.10.